The summed E-state index contributed by atoms with van der Waals surface area (Å²) in [4.78, 5) is 28.2. The number of benzene rings is 1. The zero-order valence-corrected chi connectivity index (χ0v) is 12.6. The zero-order valence-electron chi connectivity index (χ0n) is 11.8. The highest BCUT2D eigenvalue weighted by molar-refractivity contribution is 6.30. The molecule has 3 rings (SSSR count). The van der Waals surface area contributed by atoms with Gasteiger partial charge in [-0.25, -0.2) is 4.68 Å². The lowest BCUT2D eigenvalue weighted by molar-refractivity contribution is -0.123. The van der Waals surface area contributed by atoms with E-state index in [0.717, 1.165) is 0 Å². The van der Waals surface area contributed by atoms with Crippen LogP contribution in [0, 0.1) is 0 Å². The van der Waals surface area contributed by atoms with Gasteiger partial charge in [-0.2, -0.15) is 10.1 Å². The van der Waals surface area contributed by atoms with E-state index in [1.807, 2.05) is 6.92 Å². The number of fused-ring (bicyclic) bond motifs is 1. The first-order chi connectivity index (χ1) is 10.6. The molecular formula is C14H14ClN5O2. The van der Waals surface area contributed by atoms with Crippen molar-refractivity contribution in [1.29, 1.82) is 0 Å². The first-order valence-corrected chi connectivity index (χ1v) is 7.26. The molecule has 1 unspecified atom stereocenters. The van der Waals surface area contributed by atoms with Crippen LogP contribution in [0.1, 0.15) is 25.2 Å². The van der Waals surface area contributed by atoms with Gasteiger partial charge in [0.1, 0.15) is 6.04 Å². The van der Waals surface area contributed by atoms with Crippen molar-refractivity contribution in [1.82, 2.24) is 14.8 Å². The summed E-state index contributed by atoms with van der Waals surface area (Å²) in [5, 5.41) is 10.1. The molecule has 2 N–H and O–H groups in total. The molecule has 1 aliphatic rings. The molecule has 22 heavy (non-hydrogen) atoms. The number of anilines is 2. The third-order valence-corrected chi connectivity index (χ3v) is 3.55. The third-order valence-electron chi connectivity index (χ3n) is 3.31. The molecule has 2 amide bonds. The van der Waals surface area contributed by atoms with Crippen LogP contribution in [0.2, 0.25) is 5.02 Å². The van der Waals surface area contributed by atoms with Gasteiger partial charge in [-0.1, -0.05) is 24.6 Å². The second-order valence-corrected chi connectivity index (χ2v) is 5.35. The summed E-state index contributed by atoms with van der Waals surface area (Å²) in [7, 11) is 0. The van der Waals surface area contributed by atoms with Crippen LogP contribution < -0.4 is 10.6 Å². The van der Waals surface area contributed by atoms with Gasteiger partial charge >= 0.3 is 0 Å². The van der Waals surface area contributed by atoms with E-state index in [1.54, 1.807) is 24.3 Å². The lowest BCUT2D eigenvalue weighted by Gasteiger charge is -2.10. The molecule has 0 saturated carbocycles. The van der Waals surface area contributed by atoms with Crippen molar-refractivity contribution in [2.75, 3.05) is 10.6 Å². The standard InChI is InChI=1S/C14H14ClN5O2/c1-2-11-17-14-18-13(22)10(20(14)19-11)7-12(21)16-9-5-3-4-8(15)6-9/h3-6,10H,2,7H2,1H3,(H,16,21)(H,17,18,19,22). The van der Waals surface area contributed by atoms with Gasteiger partial charge in [0.05, 0.1) is 6.42 Å². The van der Waals surface area contributed by atoms with E-state index in [1.165, 1.54) is 4.68 Å². The van der Waals surface area contributed by atoms with Gasteiger partial charge in [0.2, 0.25) is 11.9 Å². The average Bonchev–Trinajstić information content (AvgIpc) is 2.98. The van der Waals surface area contributed by atoms with Gasteiger partial charge in [-0.05, 0) is 18.2 Å². The Bertz CT molecular complexity index is 743. The fourth-order valence-electron chi connectivity index (χ4n) is 2.26. The van der Waals surface area contributed by atoms with Gasteiger partial charge in [0, 0.05) is 17.1 Å². The van der Waals surface area contributed by atoms with Crippen LogP contribution >= 0.6 is 11.6 Å². The second-order valence-electron chi connectivity index (χ2n) is 4.92. The lowest BCUT2D eigenvalue weighted by Crippen LogP contribution is -2.24. The van der Waals surface area contributed by atoms with Crippen LogP contribution in [0.3, 0.4) is 0 Å². The molecule has 0 spiro atoms. The molecule has 0 saturated heterocycles. The third kappa shape index (κ3) is 2.80. The van der Waals surface area contributed by atoms with Gasteiger partial charge in [0.15, 0.2) is 5.82 Å². The summed E-state index contributed by atoms with van der Waals surface area (Å²) in [6.45, 7) is 1.92. The molecule has 8 heteroatoms. The molecule has 114 valence electrons. The largest absolute Gasteiger partial charge is 0.326 e. The second kappa shape index (κ2) is 5.76. The number of amides is 2. The number of carbonyl (C=O) groups is 2. The molecule has 2 aromatic rings. The van der Waals surface area contributed by atoms with Crippen molar-refractivity contribution < 1.29 is 9.59 Å². The number of rotatable bonds is 4. The van der Waals surface area contributed by atoms with Gasteiger partial charge in [-0.15, -0.1) is 0 Å². The SMILES string of the molecule is CCc1nc2n(n1)C(CC(=O)Nc1cccc(Cl)c1)C(=O)N2. The molecule has 2 heterocycles. The monoisotopic (exact) mass is 319 g/mol. The van der Waals surface area contributed by atoms with Crippen LogP contribution in [-0.2, 0) is 16.0 Å². The Morgan fingerprint density at radius 1 is 1.50 bits per heavy atom. The van der Waals surface area contributed by atoms with Gasteiger partial charge < -0.3 is 5.32 Å². The van der Waals surface area contributed by atoms with Crippen molar-refractivity contribution in [3.63, 3.8) is 0 Å². The molecule has 1 aliphatic heterocycles. The molecular weight excluding hydrogens is 306 g/mol. The molecule has 1 atom stereocenters. The van der Waals surface area contributed by atoms with Gasteiger partial charge in [0.25, 0.3) is 5.91 Å². The Morgan fingerprint density at radius 3 is 3.05 bits per heavy atom. The minimum absolute atomic E-state index is 0.0160. The Morgan fingerprint density at radius 2 is 2.32 bits per heavy atom. The number of hydrogen-bond donors (Lipinski definition) is 2. The molecule has 7 nitrogen and oxygen atoms in total. The van der Waals surface area contributed by atoms with Crippen LogP contribution in [0.15, 0.2) is 24.3 Å². The number of halogens is 1. The average molecular weight is 320 g/mol. The summed E-state index contributed by atoms with van der Waals surface area (Å²) in [5.74, 6) is 0.459. The first-order valence-electron chi connectivity index (χ1n) is 6.88. The molecule has 0 bridgehead atoms. The summed E-state index contributed by atoms with van der Waals surface area (Å²) in [6.07, 6.45) is 0.648. The summed E-state index contributed by atoms with van der Waals surface area (Å²) in [5.41, 5.74) is 0.587. The highest BCUT2D eigenvalue weighted by atomic mass is 35.5. The maximum atomic E-state index is 12.1. The Hall–Kier alpha value is -2.41. The predicted octanol–water partition coefficient (Wildman–Crippen LogP) is 2.02. The fourth-order valence-corrected chi connectivity index (χ4v) is 2.45. The minimum Gasteiger partial charge on any atom is -0.326 e. The Balaban J connectivity index is 1.71. The number of carbonyl (C=O) groups excluding carboxylic acids is 2. The van der Waals surface area contributed by atoms with Crippen molar-refractivity contribution in [2.45, 2.75) is 25.8 Å². The summed E-state index contributed by atoms with van der Waals surface area (Å²) in [6, 6.07) is 6.15. The van der Waals surface area contributed by atoms with Crippen molar-refractivity contribution in [3.8, 4) is 0 Å². The summed E-state index contributed by atoms with van der Waals surface area (Å²) >= 11 is 5.87. The molecule has 1 aromatic carbocycles. The topological polar surface area (TPSA) is 88.9 Å². The smallest absolute Gasteiger partial charge is 0.252 e. The molecule has 0 radical (unpaired) electrons. The van der Waals surface area contributed by atoms with Crippen molar-refractivity contribution in [2.24, 2.45) is 0 Å². The lowest BCUT2D eigenvalue weighted by atomic mass is 10.2. The van der Waals surface area contributed by atoms with Crippen molar-refractivity contribution >= 4 is 35.1 Å². The minimum atomic E-state index is -0.679. The highest BCUT2D eigenvalue weighted by Crippen LogP contribution is 2.25. The van der Waals surface area contributed by atoms with E-state index in [2.05, 4.69) is 20.7 Å². The summed E-state index contributed by atoms with van der Waals surface area (Å²) < 4.78 is 1.47. The Labute approximate surface area is 131 Å². The first kappa shape index (κ1) is 14.5. The van der Waals surface area contributed by atoms with E-state index >= 15 is 0 Å². The quantitative estimate of drug-likeness (QED) is 0.902. The van der Waals surface area contributed by atoms with E-state index in [0.29, 0.717) is 28.9 Å². The molecule has 0 aliphatic carbocycles. The van der Waals surface area contributed by atoms with E-state index in [9.17, 15) is 9.59 Å². The van der Waals surface area contributed by atoms with Crippen molar-refractivity contribution in [3.05, 3.63) is 35.1 Å². The van der Waals surface area contributed by atoms with E-state index in [-0.39, 0.29) is 18.2 Å². The maximum absolute atomic E-state index is 12.1. The van der Waals surface area contributed by atoms with E-state index in [4.69, 9.17) is 11.6 Å². The fraction of sp³-hybridized carbons (Fsp3) is 0.286. The molecule has 0 fully saturated rings. The van der Waals surface area contributed by atoms with E-state index < -0.39 is 6.04 Å². The number of nitrogens with zero attached hydrogens (tertiary/aromatic N) is 3. The number of aryl methyl sites for hydroxylation is 1. The van der Waals surface area contributed by atoms with Crippen LogP contribution in [0.5, 0.6) is 0 Å². The highest BCUT2D eigenvalue weighted by Gasteiger charge is 2.34. The van der Waals surface area contributed by atoms with Crippen LogP contribution in [0.25, 0.3) is 0 Å². The van der Waals surface area contributed by atoms with Crippen LogP contribution in [0.4, 0.5) is 11.6 Å². The number of nitrogens with one attached hydrogen (secondary N) is 2. The maximum Gasteiger partial charge on any atom is 0.252 e. The number of aromatic nitrogens is 3. The normalized spacial score (nSPS) is 16.3. The van der Waals surface area contributed by atoms with Crippen LogP contribution in [-0.4, -0.2) is 26.6 Å². The zero-order chi connectivity index (χ0) is 15.7. The van der Waals surface area contributed by atoms with Gasteiger partial charge in [-0.3, -0.25) is 14.9 Å². The molecule has 1 aromatic heterocycles. The number of hydrogen-bond acceptors (Lipinski definition) is 4. The predicted molar refractivity (Wildman–Crippen MR) is 81.8 cm³/mol. The Kier molecular flexibility index (Phi) is 3.81.